The predicted molar refractivity (Wildman–Crippen MR) is 82.6 cm³/mol. The summed E-state index contributed by atoms with van der Waals surface area (Å²) in [4.78, 5) is 26.7. The van der Waals surface area contributed by atoms with E-state index in [-0.39, 0.29) is 23.9 Å². The van der Waals surface area contributed by atoms with Gasteiger partial charge in [0.15, 0.2) is 0 Å². The highest BCUT2D eigenvalue weighted by molar-refractivity contribution is 7.88. The second-order valence-corrected chi connectivity index (χ2v) is 8.80. The molecular weight excluding hydrogens is 306 g/mol. The van der Waals surface area contributed by atoms with Crippen molar-refractivity contribution >= 4 is 22.3 Å². The van der Waals surface area contributed by atoms with E-state index < -0.39 is 16.4 Å². The molecule has 0 bridgehead atoms. The molecule has 0 aromatic carbocycles. The lowest BCUT2D eigenvalue weighted by Crippen LogP contribution is -2.59. The van der Waals surface area contributed by atoms with E-state index in [0.29, 0.717) is 26.2 Å². The standard InChI is InChI=1S/C14H25N3O4S/c1-12-8-16(22(3,20)21)9-13(19)17(12)10-14(2)4-6-15(11-18)7-5-14/h11-12H,4-10H2,1-3H3/i11T. The van der Waals surface area contributed by atoms with Crippen LogP contribution in [0.5, 0.6) is 0 Å². The fraction of sp³-hybridized carbons (Fsp3) is 0.857. The van der Waals surface area contributed by atoms with Crippen LogP contribution in [0.25, 0.3) is 0 Å². The Labute approximate surface area is 133 Å². The zero-order valence-electron chi connectivity index (χ0n) is 14.4. The maximum Gasteiger partial charge on any atom is 0.238 e. The van der Waals surface area contributed by atoms with Gasteiger partial charge in [0.2, 0.25) is 22.3 Å². The molecule has 126 valence electrons. The molecule has 7 nitrogen and oxygen atoms in total. The summed E-state index contributed by atoms with van der Waals surface area (Å²) in [6, 6.07) is -0.168. The van der Waals surface area contributed by atoms with Crippen LogP contribution in [0.3, 0.4) is 0 Å². The first-order valence-corrected chi connectivity index (χ1v) is 9.37. The highest BCUT2D eigenvalue weighted by atomic mass is 32.2. The molecule has 2 aliphatic heterocycles. The van der Waals surface area contributed by atoms with E-state index >= 15 is 0 Å². The molecule has 0 aromatic heterocycles. The van der Waals surface area contributed by atoms with E-state index in [0.717, 1.165) is 19.1 Å². The Kier molecular flexibility index (Phi) is 4.40. The van der Waals surface area contributed by atoms with Gasteiger partial charge in [-0.25, -0.2) is 8.42 Å². The van der Waals surface area contributed by atoms with Gasteiger partial charge in [-0.15, -0.1) is 0 Å². The molecule has 2 saturated heterocycles. The Morgan fingerprint density at radius 2 is 2.00 bits per heavy atom. The molecule has 22 heavy (non-hydrogen) atoms. The zero-order chi connectivity index (χ0) is 17.4. The van der Waals surface area contributed by atoms with Crippen molar-refractivity contribution in [2.75, 3.05) is 39.0 Å². The van der Waals surface area contributed by atoms with Crippen LogP contribution in [0.15, 0.2) is 0 Å². The maximum absolute atomic E-state index is 12.4. The average Bonchev–Trinajstić information content (AvgIpc) is 2.42. The fourth-order valence-corrected chi connectivity index (χ4v) is 3.98. The normalized spacial score (nSPS) is 27.7. The van der Waals surface area contributed by atoms with Crippen molar-refractivity contribution in [2.45, 2.75) is 32.7 Å². The Balaban J connectivity index is 2.00. The second kappa shape index (κ2) is 6.16. The smallest absolute Gasteiger partial charge is 0.238 e. The van der Waals surface area contributed by atoms with Crippen LogP contribution in [0, 0.1) is 5.41 Å². The lowest BCUT2D eigenvalue weighted by molar-refractivity contribution is -0.140. The molecule has 8 heteroatoms. The number of sulfonamides is 1. The minimum atomic E-state index is -3.36. The van der Waals surface area contributed by atoms with Gasteiger partial charge in [0.1, 0.15) is 1.37 Å². The average molecular weight is 333 g/mol. The highest BCUT2D eigenvalue weighted by Crippen LogP contribution is 2.32. The Morgan fingerprint density at radius 1 is 1.41 bits per heavy atom. The Morgan fingerprint density at radius 3 is 2.45 bits per heavy atom. The zero-order valence-corrected chi connectivity index (χ0v) is 14.2. The molecular formula is C14H25N3O4S. The van der Waals surface area contributed by atoms with Crippen LogP contribution in [-0.2, 0) is 19.6 Å². The molecule has 1 unspecified atom stereocenters. The molecule has 2 rings (SSSR count). The van der Waals surface area contributed by atoms with Crippen LogP contribution in [0.1, 0.15) is 28.1 Å². The number of hydrogen-bond acceptors (Lipinski definition) is 4. The SMILES string of the molecule is [3H]C(=O)N1CCC(C)(CN2C(=O)CN(S(C)(=O)=O)CC2C)CC1. The number of amides is 2. The van der Waals surface area contributed by atoms with Gasteiger partial charge in [0.25, 0.3) is 0 Å². The van der Waals surface area contributed by atoms with Crippen LogP contribution in [0.4, 0.5) is 0 Å². The third-order valence-electron chi connectivity index (χ3n) is 4.75. The molecule has 0 saturated carbocycles. The number of rotatable bonds is 3. The third-order valence-corrected chi connectivity index (χ3v) is 5.97. The summed E-state index contributed by atoms with van der Waals surface area (Å²) in [5.41, 5.74) is -0.108. The molecule has 2 fully saturated rings. The van der Waals surface area contributed by atoms with E-state index in [1.54, 1.807) is 4.90 Å². The van der Waals surface area contributed by atoms with E-state index in [1.165, 1.54) is 9.21 Å². The third kappa shape index (κ3) is 3.78. The molecule has 0 spiro atoms. The van der Waals surface area contributed by atoms with Crippen molar-refractivity contribution in [3.8, 4) is 0 Å². The summed E-state index contributed by atoms with van der Waals surface area (Å²) in [6.45, 7) is 5.79. The fourth-order valence-electron chi connectivity index (χ4n) is 3.15. The number of nitrogens with zero attached hydrogens (tertiary/aromatic N) is 3. The molecule has 0 N–H and O–H groups in total. The first-order valence-electron chi connectivity index (χ1n) is 8.02. The van der Waals surface area contributed by atoms with E-state index in [1.807, 2.05) is 6.92 Å². The lowest BCUT2D eigenvalue weighted by atomic mass is 9.79. The Hall–Kier alpha value is -1.15. The van der Waals surface area contributed by atoms with Gasteiger partial charge in [-0.3, -0.25) is 9.59 Å². The van der Waals surface area contributed by atoms with Crippen LogP contribution >= 0.6 is 0 Å². The van der Waals surface area contributed by atoms with Crippen LogP contribution in [-0.4, -0.2) is 79.8 Å². The first-order chi connectivity index (χ1) is 10.5. The lowest BCUT2D eigenvalue weighted by Gasteiger charge is -2.45. The van der Waals surface area contributed by atoms with Gasteiger partial charge in [0.05, 0.1) is 12.8 Å². The molecule has 1 atom stereocenters. The van der Waals surface area contributed by atoms with Crippen molar-refractivity contribution in [2.24, 2.45) is 5.41 Å². The van der Waals surface area contributed by atoms with Crippen LogP contribution in [0.2, 0.25) is 0 Å². The summed E-state index contributed by atoms with van der Waals surface area (Å²) in [5.74, 6) is -0.172. The van der Waals surface area contributed by atoms with E-state index in [2.05, 4.69) is 6.92 Å². The largest absolute Gasteiger partial charge is 0.345 e. The summed E-state index contributed by atoms with van der Waals surface area (Å²) in [5, 5.41) is 0. The van der Waals surface area contributed by atoms with Gasteiger partial charge in [-0.1, -0.05) is 6.92 Å². The van der Waals surface area contributed by atoms with Gasteiger partial charge < -0.3 is 9.80 Å². The molecule has 0 radical (unpaired) electrons. The van der Waals surface area contributed by atoms with Crippen molar-refractivity contribution in [1.82, 2.24) is 14.1 Å². The predicted octanol–water partition coefficient (Wildman–Crippen LogP) is -0.263. The topological polar surface area (TPSA) is 78.0 Å². The van der Waals surface area contributed by atoms with Gasteiger partial charge in [-0.05, 0) is 25.2 Å². The van der Waals surface area contributed by atoms with Crippen LogP contribution < -0.4 is 0 Å². The summed E-state index contributed by atoms with van der Waals surface area (Å²) < 4.78 is 31.7. The molecule has 0 aliphatic carbocycles. The van der Waals surface area contributed by atoms with E-state index in [9.17, 15) is 18.0 Å². The quantitative estimate of drug-likeness (QED) is 0.667. The highest BCUT2D eigenvalue weighted by Gasteiger charge is 2.39. The minimum absolute atomic E-state index is 0.101. The molecule has 0 aromatic rings. The van der Waals surface area contributed by atoms with E-state index in [4.69, 9.17) is 1.37 Å². The number of likely N-dealkylation sites (tertiary alicyclic amines) is 1. The van der Waals surface area contributed by atoms with Crippen molar-refractivity contribution in [3.63, 3.8) is 0 Å². The molecule has 2 heterocycles. The van der Waals surface area contributed by atoms with Gasteiger partial charge in [0, 0.05) is 32.2 Å². The monoisotopic (exact) mass is 333 g/mol. The summed E-state index contributed by atoms with van der Waals surface area (Å²) in [6.07, 6.45) is 1.95. The van der Waals surface area contributed by atoms with Crippen molar-refractivity contribution in [3.05, 3.63) is 0 Å². The number of piperidine rings is 1. The van der Waals surface area contributed by atoms with Crippen molar-refractivity contribution in [1.29, 1.82) is 0 Å². The summed E-state index contributed by atoms with van der Waals surface area (Å²) >= 11 is 0. The second-order valence-electron chi connectivity index (χ2n) is 6.82. The van der Waals surface area contributed by atoms with Gasteiger partial charge in [-0.2, -0.15) is 4.31 Å². The summed E-state index contributed by atoms with van der Waals surface area (Å²) in [7, 11) is -3.36. The van der Waals surface area contributed by atoms with Gasteiger partial charge >= 0.3 is 0 Å². The first kappa shape index (κ1) is 15.7. The maximum atomic E-state index is 12.4. The number of piperazine rings is 1. The number of carbonyl (C=O) groups excluding carboxylic acids is 2. The Bertz CT molecular complexity index is 587. The number of hydrogen-bond donors (Lipinski definition) is 0. The molecule has 2 aliphatic rings. The van der Waals surface area contributed by atoms with Crippen molar-refractivity contribution < 1.29 is 19.4 Å². The molecule has 2 amide bonds. The minimum Gasteiger partial charge on any atom is -0.345 e. The number of carbonyl (C=O) groups is 2.